The molecule has 1 N–H and O–H groups in total. The van der Waals surface area contributed by atoms with Crippen molar-refractivity contribution in [3.05, 3.63) is 72.3 Å². The summed E-state index contributed by atoms with van der Waals surface area (Å²) in [6.45, 7) is 3.17. The Labute approximate surface area is 131 Å². The van der Waals surface area contributed by atoms with Crippen molar-refractivity contribution in [2.45, 2.75) is 12.8 Å². The predicted molar refractivity (Wildman–Crippen MR) is 93.8 cm³/mol. The predicted octanol–water partition coefficient (Wildman–Crippen LogP) is 5.06. The Balaban J connectivity index is 1.75. The molecule has 2 nitrogen and oxygen atoms in total. The maximum absolute atomic E-state index is 5.28. The van der Waals surface area contributed by atoms with Gasteiger partial charge in [0.05, 0.1) is 7.11 Å². The lowest BCUT2D eigenvalue weighted by atomic mass is 9.97. The van der Waals surface area contributed by atoms with Gasteiger partial charge in [-0.3, -0.25) is 0 Å². The monoisotopic (exact) mass is 291 g/mol. The number of ether oxygens (including phenoxy) is 1. The minimum Gasteiger partial charge on any atom is -0.497 e. The molecule has 0 heterocycles. The van der Waals surface area contributed by atoms with E-state index in [9.17, 15) is 0 Å². The molecule has 22 heavy (non-hydrogen) atoms. The summed E-state index contributed by atoms with van der Waals surface area (Å²) < 4.78 is 5.28. The lowest BCUT2D eigenvalue weighted by molar-refractivity contribution is 0.415. The molecule has 0 spiro atoms. The van der Waals surface area contributed by atoms with Gasteiger partial charge in [0.25, 0.3) is 0 Å². The Bertz CT molecular complexity index is 752. The molecule has 3 aromatic rings. The fourth-order valence-corrected chi connectivity index (χ4v) is 2.62. The first-order valence-electron chi connectivity index (χ1n) is 7.63. The van der Waals surface area contributed by atoms with Gasteiger partial charge >= 0.3 is 0 Å². The van der Waals surface area contributed by atoms with Gasteiger partial charge in [0.2, 0.25) is 0 Å². The summed E-state index contributed by atoms with van der Waals surface area (Å²) in [6, 6.07) is 23.2. The van der Waals surface area contributed by atoms with Crippen LogP contribution >= 0.6 is 0 Å². The molecule has 0 radical (unpaired) electrons. The molecular weight excluding hydrogens is 270 g/mol. The fourth-order valence-electron chi connectivity index (χ4n) is 2.62. The Morgan fingerprint density at radius 1 is 0.909 bits per heavy atom. The quantitative estimate of drug-likeness (QED) is 0.709. The highest BCUT2D eigenvalue weighted by Gasteiger charge is 2.07. The topological polar surface area (TPSA) is 21.3 Å². The maximum atomic E-state index is 5.28. The van der Waals surface area contributed by atoms with Crippen LogP contribution in [-0.2, 0) is 0 Å². The summed E-state index contributed by atoms with van der Waals surface area (Å²) in [5.41, 5.74) is 2.51. The van der Waals surface area contributed by atoms with Crippen LogP contribution in [0.3, 0.4) is 0 Å². The molecule has 1 atom stereocenters. The SMILES string of the molecule is COc1ccc2cc(C(C)CNc3ccccc3)ccc2c1. The van der Waals surface area contributed by atoms with E-state index in [-0.39, 0.29) is 0 Å². The molecule has 0 fully saturated rings. The fraction of sp³-hybridized carbons (Fsp3) is 0.200. The Morgan fingerprint density at radius 3 is 2.41 bits per heavy atom. The number of rotatable bonds is 5. The number of nitrogens with one attached hydrogen (secondary N) is 1. The Morgan fingerprint density at radius 2 is 1.64 bits per heavy atom. The Kier molecular flexibility index (Phi) is 4.29. The molecule has 0 aliphatic heterocycles. The lowest BCUT2D eigenvalue weighted by Crippen LogP contribution is -2.09. The second-order valence-corrected chi connectivity index (χ2v) is 5.62. The van der Waals surface area contributed by atoms with Crippen LogP contribution in [0.5, 0.6) is 5.75 Å². The third-order valence-corrected chi connectivity index (χ3v) is 4.03. The van der Waals surface area contributed by atoms with Crippen LogP contribution in [0.1, 0.15) is 18.4 Å². The molecule has 0 saturated carbocycles. The van der Waals surface area contributed by atoms with Gasteiger partial charge in [0.15, 0.2) is 0 Å². The van der Waals surface area contributed by atoms with Crippen LogP contribution in [0.2, 0.25) is 0 Å². The zero-order chi connectivity index (χ0) is 15.4. The molecule has 0 bridgehead atoms. The number of hydrogen-bond acceptors (Lipinski definition) is 2. The standard InChI is InChI=1S/C20H21NO/c1-15(14-21-19-6-4-3-5-7-19)16-8-9-18-13-20(22-2)11-10-17(18)12-16/h3-13,15,21H,14H2,1-2H3. The van der Waals surface area contributed by atoms with Crippen molar-refractivity contribution >= 4 is 16.5 Å². The number of fused-ring (bicyclic) bond motifs is 1. The third-order valence-electron chi connectivity index (χ3n) is 4.03. The van der Waals surface area contributed by atoms with E-state index in [0.29, 0.717) is 5.92 Å². The third kappa shape index (κ3) is 3.22. The zero-order valence-electron chi connectivity index (χ0n) is 13.0. The molecule has 1 unspecified atom stereocenters. The molecule has 0 amide bonds. The van der Waals surface area contributed by atoms with Crippen molar-refractivity contribution in [3.63, 3.8) is 0 Å². The van der Waals surface area contributed by atoms with Gasteiger partial charge in [-0.15, -0.1) is 0 Å². The van der Waals surface area contributed by atoms with Gasteiger partial charge in [0, 0.05) is 12.2 Å². The van der Waals surface area contributed by atoms with Crippen molar-refractivity contribution in [2.75, 3.05) is 19.0 Å². The van der Waals surface area contributed by atoms with Crippen LogP contribution in [0.25, 0.3) is 10.8 Å². The number of benzene rings is 3. The van der Waals surface area contributed by atoms with Crippen molar-refractivity contribution in [2.24, 2.45) is 0 Å². The lowest BCUT2D eigenvalue weighted by Gasteiger charge is -2.15. The summed E-state index contributed by atoms with van der Waals surface area (Å²) in [7, 11) is 1.70. The van der Waals surface area contributed by atoms with Crippen molar-refractivity contribution in [1.82, 2.24) is 0 Å². The molecule has 112 valence electrons. The first kappa shape index (κ1) is 14.5. The first-order valence-corrected chi connectivity index (χ1v) is 7.63. The van der Waals surface area contributed by atoms with Gasteiger partial charge < -0.3 is 10.1 Å². The Hall–Kier alpha value is -2.48. The van der Waals surface area contributed by atoms with Crippen LogP contribution in [-0.4, -0.2) is 13.7 Å². The smallest absolute Gasteiger partial charge is 0.119 e. The molecule has 0 aliphatic rings. The highest BCUT2D eigenvalue weighted by molar-refractivity contribution is 5.84. The van der Waals surface area contributed by atoms with Crippen LogP contribution in [0, 0.1) is 0 Å². The summed E-state index contributed by atoms with van der Waals surface area (Å²) in [6.07, 6.45) is 0. The van der Waals surface area contributed by atoms with E-state index in [0.717, 1.165) is 12.3 Å². The maximum Gasteiger partial charge on any atom is 0.119 e. The second-order valence-electron chi connectivity index (χ2n) is 5.62. The van der Waals surface area contributed by atoms with Gasteiger partial charge in [-0.25, -0.2) is 0 Å². The molecular formula is C20H21NO. The minimum absolute atomic E-state index is 0.451. The van der Waals surface area contributed by atoms with Gasteiger partial charge in [0.1, 0.15) is 5.75 Å². The number of methoxy groups -OCH3 is 1. The van der Waals surface area contributed by atoms with E-state index < -0.39 is 0 Å². The van der Waals surface area contributed by atoms with Crippen molar-refractivity contribution in [3.8, 4) is 5.75 Å². The largest absolute Gasteiger partial charge is 0.497 e. The summed E-state index contributed by atoms with van der Waals surface area (Å²) in [4.78, 5) is 0. The number of hydrogen-bond donors (Lipinski definition) is 1. The highest BCUT2D eigenvalue weighted by atomic mass is 16.5. The molecule has 2 heteroatoms. The number of anilines is 1. The zero-order valence-corrected chi connectivity index (χ0v) is 13.0. The average Bonchev–Trinajstić information content (AvgIpc) is 2.59. The van der Waals surface area contributed by atoms with E-state index in [4.69, 9.17) is 4.74 Å². The molecule has 0 saturated heterocycles. The van der Waals surface area contributed by atoms with Crippen LogP contribution < -0.4 is 10.1 Å². The minimum atomic E-state index is 0.451. The van der Waals surface area contributed by atoms with E-state index in [1.807, 2.05) is 12.1 Å². The van der Waals surface area contributed by atoms with E-state index >= 15 is 0 Å². The van der Waals surface area contributed by atoms with E-state index in [1.165, 1.54) is 22.0 Å². The van der Waals surface area contributed by atoms with Gasteiger partial charge in [-0.05, 0) is 46.5 Å². The summed E-state index contributed by atoms with van der Waals surface area (Å²) >= 11 is 0. The summed E-state index contributed by atoms with van der Waals surface area (Å²) in [5.74, 6) is 1.35. The normalized spacial score (nSPS) is 12.1. The first-order chi connectivity index (χ1) is 10.8. The number of para-hydroxylation sites is 1. The summed E-state index contributed by atoms with van der Waals surface area (Å²) in [5, 5.41) is 5.96. The van der Waals surface area contributed by atoms with E-state index in [1.54, 1.807) is 7.11 Å². The van der Waals surface area contributed by atoms with Gasteiger partial charge in [-0.2, -0.15) is 0 Å². The van der Waals surface area contributed by atoms with Crippen molar-refractivity contribution < 1.29 is 4.74 Å². The molecule has 0 aromatic heterocycles. The second kappa shape index (κ2) is 6.52. The molecule has 3 rings (SSSR count). The highest BCUT2D eigenvalue weighted by Crippen LogP contribution is 2.25. The van der Waals surface area contributed by atoms with Crippen LogP contribution in [0.4, 0.5) is 5.69 Å². The average molecular weight is 291 g/mol. The van der Waals surface area contributed by atoms with Crippen LogP contribution in [0.15, 0.2) is 66.7 Å². The molecule has 0 aliphatic carbocycles. The van der Waals surface area contributed by atoms with Gasteiger partial charge in [-0.1, -0.05) is 49.4 Å². The van der Waals surface area contributed by atoms with E-state index in [2.05, 4.69) is 66.8 Å². The van der Waals surface area contributed by atoms with Crippen molar-refractivity contribution in [1.29, 1.82) is 0 Å². The molecule has 3 aromatic carbocycles.